The van der Waals surface area contributed by atoms with Crippen LogP contribution in [0.2, 0.25) is 0 Å². The van der Waals surface area contributed by atoms with Crippen LogP contribution in [-0.4, -0.2) is 11.9 Å². The molecule has 1 rings (SSSR count). The second kappa shape index (κ2) is 17.7. The fourth-order valence-corrected chi connectivity index (χ4v) is 3.98. The highest BCUT2D eigenvalue weighted by molar-refractivity contribution is 5.76. The fraction of sp³-hybridized carbons (Fsp3) is 0.679. The molecule has 1 amide bonds. The zero-order valence-corrected chi connectivity index (χ0v) is 20.7. The summed E-state index contributed by atoms with van der Waals surface area (Å²) in [5.41, 5.74) is -0.0644. The van der Waals surface area contributed by atoms with Crippen molar-refractivity contribution >= 4 is 5.91 Å². The van der Waals surface area contributed by atoms with Crippen LogP contribution in [0.1, 0.15) is 115 Å². The van der Waals surface area contributed by atoms with Crippen LogP contribution < -0.4 is 5.32 Å². The second-order valence-corrected chi connectivity index (χ2v) is 9.21. The molecule has 0 heterocycles. The molecule has 0 saturated carbocycles. The Labute approximate surface area is 199 Å². The Bertz CT molecular complexity index is 669. The van der Waals surface area contributed by atoms with Gasteiger partial charge in [0.1, 0.15) is 0 Å². The molecule has 0 aliphatic carbocycles. The van der Waals surface area contributed by atoms with Gasteiger partial charge in [0.05, 0.1) is 5.56 Å². The highest BCUT2D eigenvalue weighted by atomic mass is 19.4. The molecular formula is C28H44F3NO. The van der Waals surface area contributed by atoms with Crippen molar-refractivity contribution in [1.29, 1.82) is 0 Å². The molecule has 1 aromatic rings. The number of hydrogen-bond donors (Lipinski definition) is 1. The number of alkyl halides is 3. The fourth-order valence-electron chi connectivity index (χ4n) is 3.98. The third-order valence-corrected chi connectivity index (χ3v) is 5.87. The zero-order valence-electron chi connectivity index (χ0n) is 20.7. The number of amides is 1. The van der Waals surface area contributed by atoms with Gasteiger partial charge in [0, 0.05) is 12.5 Å². The molecule has 0 spiro atoms. The molecule has 1 N–H and O–H groups in total. The van der Waals surface area contributed by atoms with Crippen molar-refractivity contribution in [3.63, 3.8) is 0 Å². The van der Waals surface area contributed by atoms with Crippen molar-refractivity contribution in [3.8, 4) is 0 Å². The number of unbranched alkanes of at least 4 members (excludes halogenated alkanes) is 11. The average Bonchev–Trinajstić information content (AvgIpc) is 2.76. The Morgan fingerprint density at radius 1 is 0.909 bits per heavy atom. The summed E-state index contributed by atoms with van der Waals surface area (Å²) in [5.74, 6) is -0.0212. The molecule has 188 valence electrons. The largest absolute Gasteiger partial charge is 0.416 e. The SMILES string of the molecule is CCCCCCCC/C=C/CCCCCCCC(=O)NC(C)Cc1cccc(C(F)(F)F)c1. The van der Waals surface area contributed by atoms with Gasteiger partial charge in [-0.1, -0.05) is 88.6 Å². The lowest BCUT2D eigenvalue weighted by atomic mass is 10.0. The predicted octanol–water partition coefficient (Wildman–Crippen LogP) is 8.79. The average molecular weight is 468 g/mol. The minimum atomic E-state index is -4.34. The molecule has 0 saturated heterocycles. The van der Waals surface area contributed by atoms with Crippen molar-refractivity contribution < 1.29 is 18.0 Å². The zero-order chi connectivity index (χ0) is 24.4. The van der Waals surface area contributed by atoms with E-state index in [4.69, 9.17) is 0 Å². The van der Waals surface area contributed by atoms with Gasteiger partial charge in [0.15, 0.2) is 0 Å². The first-order valence-electron chi connectivity index (χ1n) is 12.9. The van der Waals surface area contributed by atoms with Crippen LogP contribution >= 0.6 is 0 Å². The molecule has 1 atom stereocenters. The van der Waals surface area contributed by atoms with Crippen molar-refractivity contribution in [1.82, 2.24) is 5.32 Å². The molecule has 0 aliphatic rings. The molecule has 5 heteroatoms. The summed E-state index contributed by atoms with van der Waals surface area (Å²) in [4.78, 5) is 12.1. The third-order valence-electron chi connectivity index (χ3n) is 5.87. The Morgan fingerprint density at radius 3 is 2.09 bits per heavy atom. The summed E-state index contributed by atoms with van der Waals surface area (Å²) in [6, 6.07) is 5.12. The van der Waals surface area contributed by atoms with Crippen LogP contribution in [0.15, 0.2) is 36.4 Å². The maximum Gasteiger partial charge on any atom is 0.416 e. The lowest BCUT2D eigenvalue weighted by molar-refractivity contribution is -0.137. The van der Waals surface area contributed by atoms with Gasteiger partial charge >= 0.3 is 6.18 Å². The molecule has 0 aliphatic heterocycles. The van der Waals surface area contributed by atoms with Gasteiger partial charge in [-0.2, -0.15) is 13.2 Å². The van der Waals surface area contributed by atoms with E-state index < -0.39 is 11.7 Å². The minimum absolute atomic E-state index is 0.0212. The number of carbonyl (C=O) groups excluding carboxylic acids is 1. The van der Waals surface area contributed by atoms with E-state index >= 15 is 0 Å². The van der Waals surface area contributed by atoms with E-state index in [1.807, 2.05) is 6.92 Å². The number of hydrogen-bond acceptors (Lipinski definition) is 1. The van der Waals surface area contributed by atoms with E-state index in [0.717, 1.165) is 37.8 Å². The molecule has 2 nitrogen and oxygen atoms in total. The van der Waals surface area contributed by atoms with Gasteiger partial charge in [-0.25, -0.2) is 0 Å². The van der Waals surface area contributed by atoms with Gasteiger partial charge in [-0.05, 0) is 57.1 Å². The van der Waals surface area contributed by atoms with Crippen molar-refractivity contribution in [2.75, 3.05) is 0 Å². The normalized spacial score (nSPS) is 12.9. The van der Waals surface area contributed by atoms with E-state index in [1.165, 1.54) is 63.9 Å². The van der Waals surface area contributed by atoms with Crippen molar-refractivity contribution in [2.45, 2.75) is 122 Å². The molecule has 33 heavy (non-hydrogen) atoms. The summed E-state index contributed by atoms with van der Waals surface area (Å²) in [6.45, 7) is 4.08. The lowest BCUT2D eigenvalue weighted by Crippen LogP contribution is -2.33. The van der Waals surface area contributed by atoms with Gasteiger partial charge in [-0.15, -0.1) is 0 Å². The monoisotopic (exact) mass is 467 g/mol. The number of halogens is 3. The molecule has 1 aromatic carbocycles. The Kier molecular flexibility index (Phi) is 15.7. The summed E-state index contributed by atoms with van der Waals surface area (Å²) in [6.07, 6.45) is 17.0. The van der Waals surface area contributed by atoms with Crippen LogP contribution in [-0.2, 0) is 17.4 Å². The molecular weight excluding hydrogens is 423 g/mol. The van der Waals surface area contributed by atoms with Crippen LogP contribution in [0.3, 0.4) is 0 Å². The summed E-state index contributed by atoms with van der Waals surface area (Å²) >= 11 is 0. The molecule has 0 radical (unpaired) electrons. The first-order valence-corrected chi connectivity index (χ1v) is 12.9. The predicted molar refractivity (Wildman–Crippen MR) is 132 cm³/mol. The van der Waals surface area contributed by atoms with E-state index in [1.54, 1.807) is 6.07 Å². The summed E-state index contributed by atoms with van der Waals surface area (Å²) in [7, 11) is 0. The Hall–Kier alpha value is -1.78. The van der Waals surface area contributed by atoms with Crippen LogP contribution in [0, 0.1) is 0 Å². The van der Waals surface area contributed by atoms with Crippen LogP contribution in [0.25, 0.3) is 0 Å². The molecule has 0 bridgehead atoms. The Balaban J connectivity index is 2.02. The third kappa shape index (κ3) is 15.6. The topological polar surface area (TPSA) is 29.1 Å². The Morgan fingerprint density at radius 2 is 1.48 bits per heavy atom. The number of benzene rings is 1. The molecule has 0 aromatic heterocycles. The van der Waals surface area contributed by atoms with E-state index in [-0.39, 0.29) is 11.9 Å². The van der Waals surface area contributed by atoms with Gasteiger partial charge in [0.25, 0.3) is 0 Å². The smallest absolute Gasteiger partial charge is 0.353 e. The van der Waals surface area contributed by atoms with Gasteiger partial charge in [-0.3, -0.25) is 4.79 Å². The molecule has 0 fully saturated rings. The van der Waals surface area contributed by atoms with E-state index in [2.05, 4.69) is 24.4 Å². The number of nitrogens with one attached hydrogen (secondary N) is 1. The molecule has 1 unspecified atom stereocenters. The van der Waals surface area contributed by atoms with Crippen LogP contribution in [0.4, 0.5) is 13.2 Å². The standard InChI is InChI=1S/C28H44F3NO/c1-3-4-5-6-7-8-9-10-11-12-13-14-15-16-17-21-27(33)32-24(2)22-25-19-18-20-26(23-25)28(29,30)31/h10-11,18-20,23-24H,3-9,12-17,21-22H2,1-2H3,(H,32,33)/b11-10+. The second-order valence-electron chi connectivity index (χ2n) is 9.21. The summed E-state index contributed by atoms with van der Waals surface area (Å²) < 4.78 is 38.5. The lowest BCUT2D eigenvalue weighted by Gasteiger charge is -2.15. The van der Waals surface area contributed by atoms with E-state index in [0.29, 0.717) is 18.4 Å². The van der Waals surface area contributed by atoms with Crippen molar-refractivity contribution in [2.24, 2.45) is 0 Å². The maximum absolute atomic E-state index is 12.8. The highest BCUT2D eigenvalue weighted by Gasteiger charge is 2.30. The van der Waals surface area contributed by atoms with Gasteiger partial charge < -0.3 is 5.32 Å². The van der Waals surface area contributed by atoms with Crippen molar-refractivity contribution in [3.05, 3.63) is 47.5 Å². The van der Waals surface area contributed by atoms with E-state index in [9.17, 15) is 18.0 Å². The van der Waals surface area contributed by atoms with Crippen LogP contribution in [0.5, 0.6) is 0 Å². The van der Waals surface area contributed by atoms with Gasteiger partial charge in [0.2, 0.25) is 5.91 Å². The quantitative estimate of drug-likeness (QED) is 0.170. The first-order chi connectivity index (χ1) is 15.8. The number of carbonyl (C=O) groups is 1. The first kappa shape index (κ1) is 29.3. The minimum Gasteiger partial charge on any atom is -0.353 e. The number of rotatable bonds is 18. The highest BCUT2D eigenvalue weighted by Crippen LogP contribution is 2.29. The maximum atomic E-state index is 12.8. The summed E-state index contributed by atoms with van der Waals surface area (Å²) in [5, 5.41) is 2.91. The number of allylic oxidation sites excluding steroid dienone is 2.